The lowest BCUT2D eigenvalue weighted by Gasteiger charge is -2.19. The van der Waals surface area contributed by atoms with E-state index in [1.807, 2.05) is 27.2 Å². The molecule has 0 aromatic carbocycles. The molecule has 0 amide bonds. The first-order valence-electron chi connectivity index (χ1n) is 4.03. The summed E-state index contributed by atoms with van der Waals surface area (Å²) in [6, 6.07) is 0.193. The third-order valence-corrected chi connectivity index (χ3v) is 1.88. The quantitative estimate of drug-likeness (QED) is 0.681. The highest BCUT2D eigenvalue weighted by Crippen LogP contribution is 2.12. The van der Waals surface area contributed by atoms with Crippen LogP contribution >= 0.6 is 0 Å². The Morgan fingerprint density at radius 1 is 1.67 bits per heavy atom. The van der Waals surface area contributed by atoms with E-state index in [0.29, 0.717) is 6.54 Å². The molecule has 0 saturated heterocycles. The minimum atomic E-state index is 0.193. The molecule has 3 N–H and O–H groups in total. The molecule has 0 aliphatic rings. The molecule has 0 saturated carbocycles. The second-order valence-electron chi connectivity index (χ2n) is 3.17. The third kappa shape index (κ3) is 1.84. The van der Waals surface area contributed by atoms with Gasteiger partial charge in [0.1, 0.15) is 5.82 Å². The number of hydrogen-bond donors (Lipinski definition) is 2. The van der Waals surface area contributed by atoms with Crippen LogP contribution in [0.1, 0.15) is 17.6 Å². The standard InChI is InChI=1S/C8H16N4/c1-6-5-10-8(11-6)7(4-9)12(2)3/h5,7H,4,9H2,1-3H3,(H,10,11). The Balaban J connectivity index is 2.80. The predicted octanol–water partition coefficient (Wildman–Crippen LogP) is 0.280. The van der Waals surface area contributed by atoms with Gasteiger partial charge < -0.3 is 10.7 Å². The van der Waals surface area contributed by atoms with Crippen molar-refractivity contribution >= 4 is 0 Å². The molecule has 0 aliphatic carbocycles. The van der Waals surface area contributed by atoms with Crippen molar-refractivity contribution in [2.45, 2.75) is 13.0 Å². The average molecular weight is 168 g/mol. The Hall–Kier alpha value is -0.870. The highest BCUT2D eigenvalue weighted by Gasteiger charge is 2.14. The van der Waals surface area contributed by atoms with E-state index in [0.717, 1.165) is 11.5 Å². The van der Waals surface area contributed by atoms with Crippen LogP contribution in [0.5, 0.6) is 0 Å². The van der Waals surface area contributed by atoms with Gasteiger partial charge in [-0.2, -0.15) is 0 Å². The number of aromatic amines is 1. The topological polar surface area (TPSA) is 57.9 Å². The van der Waals surface area contributed by atoms with E-state index in [2.05, 4.69) is 14.9 Å². The number of rotatable bonds is 3. The normalized spacial score (nSPS) is 13.8. The number of imidazole rings is 1. The smallest absolute Gasteiger partial charge is 0.124 e. The summed E-state index contributed by atoms with van der Waals surface area (Å²) in [4.78, 5) is 9.46. The Morgan fingerprint density at radius 2 is 2.33 bits per heavy atom. The van der Waals surface area contributed by atoms with Crippen molar-refractivity contribution in [2.75, 3.05) is 20.6 Å². The summed E-state index contributed by atoms with van der Waals surface area (Å²) in [5, 5.41) is 0. The van der Waals surface area contributed by atoms with Crippen LogP contribution in [0.3, 0.4) is 0 Å². The van der Waals surface area contributed by atoms with Crippen LogP contribution in [0.25, 0.3) is 0 Å². The summed E-state index contributed by atoms with van der Waals surface area (Å²) >= 11 is 0. The second-order valence-corrected chi connectivity index (χ2v) is 3.17. The largest absolute Gasteiger partial charge is 0.345 e. The van der Waals surface area contributed by atoms with E-state index in [-0.39, 0.29) is 6.04 Å². The summed E-state index contributed by atoms with van der Waals surface area (Å²) < 4.78 is 0. The van der Waals surface area contributed by atoms with Crippen molar-refractivity contribution in [3.8, 4) is 0 Å². The fraction of sp³-hybridized carbons (Fsp3) is 0.625. The summed E-state index contributed by atoms with van der Waals surface area (Å²) in [6.45, 7) is 2.57. The molecule has 1 atom stereocenters. The van der Waals surface area contributed by atoms with E-state index in [1.54, 1.807) is 0 Å². The van der Waals surface area contributed by atoms with Crippen molar-refractivity contribution in [3.05, 3.63) is 17.7 Å². The van der Waals surface area contributed by atoms with Crippen molar-refractivity contribution in [3.63, 3.8) is 0 Å². The highest BCUT2D eigenvalue weighted by molar-refractivity contribution is 5.03. The molecule has 1 aromatic heterocycles. The van der Waals surface area contributed by atoms with Gasteiger partial charge in [0.2, 0.25) is 0 Å². The SMILES string of the molecule is Cc1cnc(C(CN)N(C)C)[nH]1. The number of hydrogen-bond acceptors (Lipinski definition) is 3. The van der Waals surface area contributed by atoms with E-state index in [4.69, 9.17) is 5.73 Å². The van der Waals surface area contributed by atoms with Gasteiger partial charge in [0.25, 0.3) is 0 Å². The molecule has 1 heterocycles. The number of nitrogens with two attached hydrogens (primary N) is 1. The molecule has 0 aliphatic heterocycles. The van der Waals surface area contributed by atoms with Crippen molar-refractivity contribution in [1.29, 1.82) is 0 Å². The molecule has 0 radical (unpaired) electrons. The minimum Gasteiger partial charge on any atom is -0.345 e. The molecule has 0 spiro atoms. The second kappa shape index (κ2) is 3.69. The first-order valence-corrected chi connectivity index (χ1v) is 4.03. The monoisotopic (exact) mass is 168 g/mol. The lowest BCUT2D eigenvalue weighted by molar-refractivity contribution is 0.295. The zero-order chi connectivity index (χ0) is 9.14. The zero-order valence-corrected chi connectivity index (χ0v) is 7.83. The van der Waals surface area contributed by atoms with Crippen LogP contribution < -0.4 is 5.73 Å². The fourth-order valence-corrected chi connectivity index (χ4v) is 1.17. The zero-order valence-electron chi connectivity index (χ0n) is 7.83. The number of H-pyrrole nitrogens is 1. The first kappa shape index (κ1) is 9.22. The molecule has 4 nitrogen and oxygen atoms in total. The van der Waals surface area contributed by atoms with Crippen LogP contribution in [0.4, 0.5) is 0 Å². The summed E-state index contributed by atoms with van der Waals surface area (Å²) in [6.07, 6.45) is 1.82. The van der Waals surface area contributed by atoms with Gasteiger partial charge in [-0.05, 0) is 21.0 Å². The first-order chi connectivity index (χ1) is 5.65. The maximum Gasteiger partial charge on any atom is 0.124 e. The predicted molar refractivity (Wildman–Crippen MR) is 48.8 cm³/mol. The van der Waals surface area contributed by atoms with Gasteiger partial charge in [0, 0.05) is 18.4 Å². The number of nitrogens with one attached hydrogen (secondary N) is 1. The maximum absolute atomic E-state index is 5.61. The van der Waals surface area contributed by atoms with Gasteiger partial charge in [0.05, 0.1) is 6.04 Å². The Morgan fingerprint density at radius 3 is 2.67 bits per heavy atom. The number of nitrogens with zero attached hydrogens (tertiary/aromatic N) is 2. The molecule has 12 heavy (non-hydrogen) atoms. The van der Waals surface area contributed by atoms with Crippen molar-refractivity contribution in [2.24, 2.45) is 5.73 Å². The Kier molecular flexibility index (Phi) is 2.83. The van der Waals surface area contributed by atoms with Gasteiger partial charge >= 0.3 is 0 Å². The Labute approximate surface area is 72.8 Å². The van der Waals surface area contributed by atoms with E-state index in [9.17, 15) is 0 Å². The van der Waals surface area contributed by atoms with Crippen LogP contribution in [0, 0.1) is 6.92 Å². The molecule has 4 heteroatoms. The molecular formula is C8H16N4. The van der Waals surface area contributed by atoms with E-state index >= 15 is 0 Å². The molecule has 0 fully saturated rings. The van der Waals surface area contributed by atoms with Crippen LogP contribution in [-0.4, -0.2) is 35.5 Å². The molecular weight excluding hydrogens is 152 g/mol. The summed E-state index contributed by atoms with van der Waals surface area (Å²) in [5.41, 5.74) is 6.69. The molecule has 1 rings (SSSR count). The van der Waals surface area contributed by atoms with Crippen LogP contribution in [-0.2, 0) is 0 Å². The maximum atomic E-state index is 5.61. The van der Waals surface area contributed by atoms with Gasteiger partial charge in [0.15, 0.2) is 0 Å². The van der Waals surface area contributed by atoms with Crippen LogP contribution in [0.2, 0.25) is 0 Å². The van der Waals surface area contributed by atoms with Crippen LogP contribution in [0.15, 0.2) is 6.20 Å². The van der Waals surface area contributed by atoms with Gasteiger partial charge in [-0.15, -0.1) is 0 Å². The number of likely N-dealkylation sites (N-methyl/N-ethyl adjacent to an activating group) is 1. The number of aromatic nitrogens is 2. The van der Waals surface area contributed by atoms with Crippen molar-refractivity contribution in [1.82, 2.24) is 14.9 Å². The molecule has 1 unspecified atom stereocenters. The average Bonchev–Trinajstić information content (AvgIpc) is 2.37. The minimum absolute atomic E-state index is 0.193. The highest BCUT2D eigenvalue weighted by atomic mass is 15.1. The lowest BCUT2D eigenvalue weighted by Crippen LogP contribution is -2.28. The van der Waals surface area contributed by atoms with Gasteiger partial charge in [-0.1, -0.05) is 0 Å². The Bertz CT molecular complexity index is 241. The number of aryl methyl sites for hydroxylation is 1. The summed E-state index contributed by atoms with van der Waals surface area (Å²) in [7, 11) is 3.99. The van der Waals surface area contributed by atoms with Gasteiger partial charge in [-0.3, -0.25) is 4.90 Å². The van der Waals surface area contributed by atoms with Gasteiger partial charge in [-0.25, -0.2) is 4.98 Å². The van der Waals surface area contributed by atoms with Crippen molar-refractivity contribution < 1.29 is 0 Å². The van der Waals surface area contributed by atoms with E-state index in [1.165, 1.54) is 0 Å². The molecule has 0 bridgehead atoms. The molecule has 1 aromatic rings. The lowest BCUT2D eigenvalue weighted by atomic mass is 10.2. The fourth-order valence-electron chi connectivity index (χ4n) is 1.17. The van der Waals surface area contributed by atoms with E-state index < -0.39 is 0 Å². The summed E-state index contributed by atoms with van der Waals surface area (Å²) in [5.74, 6) is 0.944. The third-order valence-electron chi connectivity index (χ3n) is 1.88. The molecule has 68 valence electrons.